The van der Waals surface area contributed by atoms with Gasteiger partial charge in [-0.15, -0.1) is 0 Å². The van der Waals surface area contributed by atoms with Gasteiger partial charge in [0.15, 0.2) is 0 Å². The normalized spacial score (nSPS) is 13.7. The minimum atomic E-state index is -4.67. The fourth-order valence-electron chi connectivity index (χ4n) is 0.382. The second kappa shape index (κ2) is 7.54. The summed E-state index contributed by atoms with van der Waals surface area (Å²) in [4.78, 5) is 10.2. The van der Waals surface area contributed by atoms with Crippen molar-refractivity contribution in [3.05, 3.63) is 0 Å². The molecule has 0 saturated carbocycles. The predicted octanol–water partition coefficient (Wildman–Crippen LogP) is 0.177. The first-order valence-corrected chi connectivity index (χ1v) is 4.99. The van der Waals surface area contributed by atoms with Crippen LogP contribution in [0.3, 0.4) is 0 Å². The molecule has 0 bridgehead atoms. The van der Waals surface area contributed by atoms with Crippen molar-refractivity contribution in [2.45, 2.75) is 33.0 Å². The van der Waals surface area contributed by atoms with E-state index in [2.05, 4.69) is 4.74 Å². The van der Waals surface area contributed by atoms with Crippen molar-refractivity contribution >= 4 is 16.4 Å². The van der Waals surface area contributed by atoms with Crippen molar-refractivity contribution in [2.24, 2.45) is 0 Å². The summed E-state index contributed by atoms with van der Waals surface area (Å²) >= 11 is 0. The lowest BCUT2D eigenvalue weighted by Gasteiger charge is -2.19. The summed E-state index contributed by atoms with van der Waals surface area (Å²) in [7, 11) is -4.67. The highest BCUT2D eigenvalue weighted by Crippen LogP contribution is 2.09. The molecule has 0 aliphatic rings. The Morgan fingerprint density at radius 3 is 1.73 bits per heavy atom. The average molecular weight is 247 g/mol. The molecule has 0 aromatic carbocycles. The molecule has 0 aliphatic carbocycles. The number of hydrogen-bond acceptors (Lipinski definition) is 6. The van der Waals surface area contributed by atoms with Crippen LogP contribution < -0.4 is 6.15 Å². The summed E-state index contributed by atoms with van der Waals surface area (Å²) in [6, 6.07) is 0. The Morgan fingerprint density at radius 1 is 1.40 bits per heavy atom. The van der Waals surface area contributed by atoms with Crippen molar-refractivity contribution in [3.8, 4) is 0 Å². The first-order chi connectivity index (χ1) is 5.98. The highest BCUT2D eigenvalue weighted by Gasteiger charge is 2.19. The van der Waals surface area contributed by atoms with Crippen LogP contribution in [0.2, 0.25) is 0 Å². The lowest BCUT2D eigenvalue weighted by Crippen LogP contribution is -2.28. The molecule has 0 rings (SSSR count). The van der Waals surface area contributed by atoms with Crippen molar-refractivity contribution in [3.63, 3.8) is 0 Å². The van der Waals surface area contributed by atoms with Gasteiger partial charge in [0, 0.05) is 20.3 Å². The molecule has 1 unspecified atom stereocenters. The number of hydrogen-bond donors (Lipinski definition) is 4. The molecular formula is C6H17NO7S. The largest absolute Gasteiger partial charge is 0.434 e. The fraction of sp³-hybridized carbons (Fsp3) is 0.833. The topological polar surface area (TPSA) is 156 Å². The quantitative estimate of drug-likeness (QED) is 0.305. The Bertz CT molecular complexity index is 263. The molecule has 94 valence electrons. The third-order valence-electron chi connectivity index (χ3n) is 1.02. The van der Waals surface area contributed by atoms with E-state index in [0.717, 1.165) is 0 Å². The number of esters is 1. The zero-order valence-corrected chi connectivity index (χ0v) is 9.61. The van der Waals surface area contributed by atoms with E-state index in [9.17, 15) is 4.79 Å². The van der Waals surface area contributed by atoms with Crippen LogP contribution in [0.4, 0.5) is 0 Å². The molecule has 0 amide bonds. The summed E-state index contributed by atoms with van der Waals surface area (Å²) in [6.07, 6.45) is 0.409. The third kappa shape index (κ3) is 31.9. The van der Waals surface area contributed by atoms with Gasteiger partial charge in [-0.05, 0) is 0 Å². The van der Waals surface area contributed by atoms with Crippen molar-refractivity contribution in [1.29, 1.82) is 0 Å². The van der Waals surface area contributed by atoms with Crippen LogP contribution in [0, 0.1) is 0 Å². The lowest BCUT2D eigenvalue weighted by atomic mass is 10.2. The predicted molar refractivity (Wildman–Crippen MR) is 51.9 cm³/mol. The van der Waals surface area contributed by atoms with E-state index in [1.807, 2.05) is 0 Å². The van der Waals surface area contributed by atoms with Gasteiger partial charge >= 0.3 is 16.4 Å². The molecule has 15 heavy (non-hydrogen) atoms. The molecule has 0 radical (unpaired) electrons. The van der Waals surface area contributed by atoms with Gasteiger partial charge < -0.3 is 16.0 Å². The fourth-order valence-corrected chi connectivity index (χ4v) is 0.382. The Morgan fingerprint density at radius 2 is 1.67 bits per heavy atom. The first-order valence-electron chi connectivity index (χ1n) is 3.60. The molecule has 1 atom stereocenters. The number of ether oxygens (including phenoxy) is 1. The summed E-state index contributed by atoms with van der Waals surface area (Å²) in [5.74, 6) is -1.74. The number of carbonyl (C=O) groups is 1. The van der Waals surface area contributed by atoms with Gasteiger partial charge in [-0.2, -0.15) is 8.42 Å². The van der Waals surface area contributed by atoms with E-state index in [-0.39, 0.29) is 6.15 Å². The highest BCUT2D eigenvalue weighted by molar-refractivity contribution is 7.79. The second-order valence-corrected chi connectivity index (χ2v) is 3.47. The second-order valence-electron chi connectivity index (χ2n) is 2.57. The summed E-state index contributed by atoms with van der Waals surface area (Å²) in [5, 5.41) is 9.05. The Kier molecular flexibility index (Phi) is 9.94. The minimum absolute atomic E-state index is 0. The van der Waals surface area contributed by atoms with E-state index in [1.54, 1.807) is 6.92 Å². The van der Waals surface area contributed by atoms with Crippen LogP contribution in [0.5, 0.6) is 0 Å². The molecule has 6 N–H and O–H groups in total. The van der Waals surface area contributed by atoms with Crippen LogP contribution in [-0.4, -0.2) is 34.4 Å². The maximum atomic E-state index is 10.2. The number of carbonyl (C=O) groups excluding carboxylic acids is 1. The third-order valence-corrected chi connectivity index (χ3v) is 1.02. The molecule has 0 saturated heterocycles. The van der Waals surface area contributed by atoms with E-state index < -0.39 is 22.2 Å². The van der Waals surface area contributed by atoms with Crippen molar-refractivity contribution in [1.82, 2.24) is 6.15 Å². The van der Waals surface area contributed by atoms with Crippen LogP contribution >= 0.6 is 0 Å². The Labute approximate surface area is 88.4 Å². The van der Waals surface area contributed by atoms with Crippen molar-refractivity contribution in [2.75, 3.05) is 0 Å². The molecule has 9 heteroatoms. The van der Waals surface area contributed by atoms with E-state index in [4.69, 9.17) is 22.6 Å². The summed E-state index contributed by atoms with van der Waals surface area (Å²) < 4.78 is 36.1. The molecule has 0 aromatic heterocycles. The van der Waals surface area contributed by atoms with Crippen LogP contribution in [0.1, 0.15) is 27.2 Å². The monoisotopic (exact) mass is 247 g/mol. The van der Waals surface area contributed by atoms with Gasteiger partial charge in [0.25, 0.3) is 0 Å². The maximum absolute atomic E-state index is 10.2. The van der Waals surface area contributed by atoms with Gasteiger partial charge in [0.05, 0.1) is 0 Å². The smallest absolute Gasteiger partial charge is 0.394 e. The number of rotatable bonds is 2. The SMILES string of the molecule is CCC(C)(O)OC(C)=O.N.O=S(=O)(O)O. The van der Waals surface area contributed by atoms with Crippen LogP contribution in [0.25, 0.3) is 0 Å². The van der Waals surface area contributed by atoms with Gasteiger partial charge in [-0.25, -0.2) is 0 Å². The number of aliphatic hydroxyl groups is 1. The standard InChI is InChI=1S/C6H12O3.H3N.H2O4S/c1-4-6(3,8)9-5(2)7;;1-5(2,3)4/h8H,4H2,1-3H3;1H3;(H2,1,2,3,4). The summed E-state index contributed by atoms with van der Waals surface area (Å²) in [5.41, 5.74) is 0. The average Bonchev–Trinajstić information content (AvgIpc) is 1.80. The van der Waals surface area contributed by atoms with Gasteiger partial charge in [-0.3, -0.25) is 13.9 Å². The highest BCUT2D eigenvalue weighted by atomic mass is 32.3. The van der Waals surface area contributed by atoms with Gasteiger partial charge in [0.1, 0.15) is 0 Å². The molecule has 0 heterocycles. The molecule has 0 aromatic rings. The zero-order valence-electron chi connectivity index (χ0n) is 8.80. The maximum Gasteiger partial charge on any atom is 0.394 e. The molecular weight excluding hydrogens is 230 g/mol. The lowest BCUT2D eigenvalue weighted by molar-refractivity contribution is -0.200. The van der Waals surface area contributed by atoms with Crippen LogP contribution in [-0.2, 0) is 19.9 Å². The summed E-state index contributed by atoms with van der Waals surface area (Å²) in [6.45, 7) is 4.46. The molecule has 0 spiro atoms. The Hall–Kier alpha value is -0.740. The van der Waals surface area contributed by atoms with Gasteiger partial charge in [-0.1, -0.05) is 6.92 Å². The molecule has 8 nitrogen and oxygen atoms in total. The van der Waals surface area contributed by atoms with Crippen molar-refractivity contribution < 1.29 is 32.2 Å². The van der Waals surface area contributed by atoms with Gasteiger partial charge in [0.2, 0.25) is 5.79 Å². The van der Waals surface area contributed by atoms with E-state index in [0.29, 0.717) is 6.42 Å². The Balaban J connectivity index is -0.000000208. The molecule has 0 aliphatic heterocycles. The zero-order chi connectivity index (χ0) is 12.0. The molecule has 0 fully saturated rings. The minimum Gasteiger partial charge on any atom is -0.434 e. The first kappa shape index (κ1) is 19.8. The van der Waals surface area contributed by atoms with E-state index in [1.165, 1.54) is 13.8 Å². The van der Waals surface area contributed by atoms with Crippen LogP contribution in [0.15, 0.2) is 0 Å². The van der Waals surface area contributed by atoms with E-state index >= 15 is 0 Å².